The molecule has 6 heteroatoms. The minimum absolute atomic E-state index is 0.328. The van der Waals surface area contributed by atoms with Crippen molar-refractivity contribution >= 4 is 21.4 Å². The third-order valence-electron chi connectivity index (χ3n) is 10.3. The van der Waals surface area contributed by atoms with Crippen molar-refractivity contribution in [1.29, 1.82) is 0 Å². The Morgan fingerprint density at radius 3 is 1.48 bits per heavy atom. The van der Waals surface area contributed by atoms with Crippen molar-refractivity contribution in [1.82, 2.24) is 0 Å². The Morgan fingerprint density at radius 2 is 0.929 bits per heavy atom. The maximum Gasteiger partial charge on any atom is 0.121 e. The van der Waals surface area contributed by atoms with E-state index in [1.807, 2.05) is 72.8 Å². The number of ether oxygens (including phenoxy) is 5. The molecule has 0 spiro atoms. The van der Waals surface area contributed by atoms with Crippen LogP contribution in [0.3, 0.4) is 0 Å². The number of hydrogen-bond acceptors (Lipinski definition) is 6. The lowest BCUT2D eigenvalue weighted by molar-refractivity contribution is -0.274. The summed E-state index contributed by atoms with van der Waals surface area (Å²) in [5.74, 6) is 0. The molecule has 0 amide bonds. The maximum atomic E-state index is 7.25. The van der Waals surface area contributed by atoms with Crippen LogP contribution in [0.15, 0.2) is 176 Å². The van der Waals surface area contributed by atoms with Gasteiger partial charge < -0.3 is 23.7 Å². The molecule has 1 aliphatic heterocycles. The minimum Gasteiger partial charge on any atom is -0.374 e. The van der Waals surface area contributed by atoms with Gasteiger partial charge >= 0.3 is 0 Å². The van der Waals surface area contributed by atoms with E-state index in [1.165, 1.54) is 21.2 Å². The molecule has 6 aromatic carbocycles. The van der Waals surface area contributed by atoms with E-state index in [-0.39, 0.29) is 0 Å². The summed E-state index contributed by atoms with van der Waals surface area (Å²) in [6, 6.07) is 60.8. The predicted octanol–water partition coefficient (Wildman–Crippen LogP) is 11.1. The van der Waals surface area contributed by atoms with Crippen LogP contribution in [0.1, 0.15) is 44.4 Å². The molecule has 1 aromatic heterocycles. The molecule has 5 nitrogen and oxygen atoms in total. The number of benzene rings is 6. The highest BCUT2D eigenvalue weighted by atomic mass is 32.1. The van der Waals surface area contributed by atoms with Gasteiger partial charge in [0.15, 0.2) is 0 Å². The van der Waals surface area contributed by atoms with Gasteiger partial charge in [0.2, 0.25) is 0 Å². The highest BCUT2D eigenvalue weighted by molar-refractivity contribution is 7.19. The lowest BCUT2D eigenvalue weighted by Crippen LogP contribution is -2.58. The Balaban J connectivity index is 1.16. The topological polar surface area (TPSA) is 46.2 Å². The van der Waals surface area contributed by atoms with Crippen LogP contribution in [0.5, 0.6) is 0 Å². The second-order valence-corrected chi connectivity index (χ2v) is 15.4. The van der Waals surface area contributed by atoms with Crippen LogP contribution < -0.4 is 0 Å². The molecule has 0 N–H and O–H groups in total. The van der Waals surface area contributed by atoms with Crippen molar-refractivity contribution < 1.29 is 23.7 Å². The third kappa shape index (κ3) is 9.90. The highest BCUT2D eigenvalue weighted by Gasteiger charge is 2.49. The van der Waals surface area contributed by atoms with Gasteiger partial charge in [-0.05, 0) is 57.7 Å². The number of fused-ring (bicyclic) bond motifs is 1. The molecule has 0 radical (unpaired) electrons. The van der Waals surface area contributed by atoms with Crippen LogP contribution >= 0.6 is 11.3 Å². The van der Waals surface area contributed by atoms with Gasteiger partial charge in [0.25, 0.3) is 0 Å². The molecule has 56 heavy (non-hydrogen) atoms. The van der Waals surface area contributed by atoms with Gasteiger partial charge in [-0.2, -0.15) is 0 Å². The first-order valence-electron chi connectivity index (χ1n) is 19.6. The van der Waals surface area contributed by atoms with Crippen molar-refractivity contribution in [2.24, 2.45) is 0 Å². The highest BCUT2D eigenvalue weighted by Crippen LogP contribution is 2.43. The van der Waals surface area contributed by atoms with Crippen LogP contribution in [0.25, 0.3) is 10.1 Å². The molecule has 8 rings (SSSR count). The van der Waals surface area contributed by atoms with Gasteiger partial charge in [0, 0.05) is 9.58 Å². The third-order valence-corrected chi connectivity index (χ3v) is 11.6. The molecule has 1 aliphatic rings. The maximum absolute atomic E-state index is 7.25. The van der Waals surface area contributed by atoms with Gasteiger partial charge in [-0.1, -0.05) is 170 Å². The fourth-order valence-corrected chi connectivity index (χ4v) is 8.70. The van der Waals surface area contributed by atoms with E-state index < -0.39 is 30.5 Å². The quantitative estimate of drug-likeness (QED) is 0.0925. The first kappa shape index (κ1) is 38.0. The molecular formula is C50H48O5S. The summed E-state index contributed by atoms with van der Waals surface area (Å²) < 4.78 is 35.9. The van der Waals surface area contributed by atoms with Gasteiger partial charge in [-0.3, -0.25) is 0 Å². The fourth-order valence-electron chi connectivity index (χ4n) is 7.42. The van der Waals surface area contributed by atoms with Crippen LogP contribution in [-0.4, -0.2) is 31.0 Å². The second-order valence-electron chi connectivity index (χ2n) is 14.3. The van der Waals surface area contributed by atoms with Gasteiger partial charge in [0.05, 0.1) is 33.0 Å². The molecule has 1 saturated heterocycles. The minimum atomic E-state index is -0.484. The summed E-state index contributed by atoms with van der Waals surface area (Å²) >= 11 is 1.80. The smallest absolute Gasteiger partial charge is 0.121 e. The summed E-state index contributed by atoms with van der Waals surface area (Å²) in [4.78, 5) is 1.10. The SMILES string of the molecule is c1ccc(CCc2cccc3cc([C@@H]4O[C@H](COCc5ccccc5)[C@@H](OCc5ccccc5)[C@H](OCc5ccccc5)[C@H]4OCc4ccccc4)sc23)cc1. The predicted molar refractivity (Wildman–Crippen MR) is 224 cm³/mol. The van der Waals surface area contributed by atoms with Gasteiger partial charge in [-0.15, -0.1) is 11.3 Å². The molecule has 0 aliphatic carbocycles. The molecule has 2 heterocycles. The summed E-state index contributed by atoms with van der Waals surface area (Å²) in [7, 11) is 0. The van der Waals surface area contributed by atoms with Crippen molar-refractivity contribution in [3.05, 3.63) is 214 Å². The Labute approximate surface area is 334 Å². The standard InChI is InChI=1S/C50H48O5S/c1-6-17-37(18-7-1)29-30-42-27-16-28-43-31-45(56-50(42)43)47-49(54-35-41-25-14-5-15-26-41)48(53-34-40-23-12-4-13-24-40)46(52-33-39-21-10-3-11-22-39)44(55-47)36-51-32-38-19-8-2-9-20-38/h1-28,31,44,46-49H,29-30,32-36H2/t44-,46-,47+,48+,49+/m1/s1. The molecule has 1 fully saturated rings. The van der Waals surface area contributed by atoms with Crippen LogP contribution in [0.4, 0.5) is 0 Å². The number of thiophene rings is 1. The first-order valence-corrected chi connectivity index (χ1v) is 20.4. The Kier molecular flexibility index (Phi) is 13.1. The fraction of sp³-hybridized carbons (Fsp3) is 0.240. The largest absolute Gasteiger partial charge is 0.374 e. The molecular weight excluding hydrogens is 713 g/mol. The van der Waals surface area contributed by atoms with Crippen molar-refractivity contribution in [3.8, 4) is 0 Å². The van der Waals surface area contributed by atoms with Gasteiger partial charge in [-0.25, -0.2) is 0 Å². The van der Waals surface area contributed by atoms with E-state index in [4.69, 9.17) is 23.7 Å². The van der Waals surface area contributed by atoms with Crippen LogP contribution in [0.2, 0.25) is 0 Å². The molecule has 0 unspecified atom stereocenters. The normalized spacial score (nSPS) is 19.6. The Hall–Kier alpha value is -4.92. The number of hydrogen-bond donors (Lipinski definition) is 0. The summed E-state index contributed by atoms with van der Waals surface area (Å²) in [5, 5.41) is 1.21. The Bertz CT molecular complexity index is 2190. The average Bonchev–Trinajstić information content (AvgIpc) is 3.71. The summed E-state index contributed by atoms with van der Waals surface area (Å²) in [5.41, 5.74) is 7.03. The molecule has 5 atom stereocenters. The lowest BCUT2D eigenvalue weighted by Gasteiger charge is -2.46. The molecule has 0 bridgehead atoms. The van der Waals surface area contributed by atoms with E-state index in [9.17, 15) is 0 Å². The zero-order valence-corrected chi connectivity index (χ0v) is 32.3. The van der Waals surface area contributed by atoms with Crippen molar-refractivity contribution in [2.75, 3.05) is 6.61 Å². The van der Waals surface area contributed by atoms with Crippen LogP contribution in [-0.2, 0) is 63.0 Å². The number of aryl methyl sites for hydroxylation is 2. The van der Waals surface area contributed by atoms with Gasteiger partial charge in [0.1, 0.15) is 30.5 Å². The first-order chi connectivity index (χ1) is 27.8. The second kappa shape index (κ2) is 19.3. The molecule has 0 saturated carbocycles. The van der Waals surface area contributed by atoms with Crippen LogP contribution in [0, 0.1) is 0 Å². The van der Waals surface area contributed by atoms with E-state index in [1.54, 1.807) is 11.3 Å². The van der Waals surface area contributed by atoms with E-state index in [2.05, 4.69) is 103 Å². The summed E-state index contributed by atoms with van der Waals surface area (Å²) in [6.45, 7) is 2.01. The zero-order valence-electron chi connectivity index (χ0n) is 31.5. The summed E-state index contributed by atoms with van der Waals surface area (Å²) in [6.07, 6.45) is -0.377. The monoisotopic (exact) mass is 760 g/mol. The van der Waals surface area contributed by atoms with Crippen molar-refractivity contribution in [2.45, 2.75) is 69.8 Å². The average molecular weight is 761 g/mol. The Morgan fingerprint density at radius 1 is 0.446 bits per heavy atom. The van der Waals surface area contributed by atoms with E-state index >= 15 is 0 Å². The molecule has 7 aromatic rings. The van der Waals surface area contributed by atoms with Crippen molar-refractivity contribution in [3.63, 3.8) is 0 Å². The van der Waals surface area contributed by atoms with E-state index in [0.717, 1.165) is 40.0 Å². The number of rotatable bonds is 17. The zero-order chi connectivity index (χ0) is 37.8. The molecule has 284 valence electrons. The lowest BCUT2D eigenvalue weighted by atomic mass is 9.93. The van der Waals surface area contributed by atoms with E-state index in [0.29, 0.717) is 33.0 Å².